The molecule has 0 bridgehead atoms. The van der Waals surface area contributed by atoms with Crippen molar-refractivity contribution in [2.75, 3.05) is 45.9 Å². The van der Waals surface area contributed by atoms with Crippen LogP contribution < -0.4 is 20.1 Å². The van der Waals surface area contributed by atoms with Crippen LogP contribution in [-0.2, 0) is 19.2 Å². The van der Waals surface area contributed by atoms with Crippen molar-refractivity contribution >= 4 is 29.7 Å². The van der Waals surface area contributed by atoms with E-state index in [1.54, 1.807) is 21.9 Å². The average molecular weight is 636 g/mol. The first-order chi connectivity index (χ1) is 22.4. The normalized spacial score (nSPS) is 20.0. The maximum atomic E-state index is 13.2. The van der Waals surface area contributed by atoms with Crippen molar-refractivity contribution in [3.63, 3.8) is 0 Å². The fourth-order valence-electron chi connectivity index (χ4n) is 6.14. The molecule has 4 aliphatic rings. The highest BCUT2D eigenvalue weighted by atomic mass is 16.6. The van der Waals surface area contributed by atoms with E-state index in [1.807, 2.05) is 23.1 Å². The Kier molecular flexibility index (Phi) is 9.69. The van der Waals surface area contributed by atoms with E-state index in [4.69, 9.17) is 9.47 Å². The number of hydrogen-bond acceptors (Lipinski definition) is 8. The van der Waals surface area contributed by atoms with E-state index in [9.17, 15) is 24.0 Å². The lowest BCUT2D eigenvalue weighted by atomic mass is 9.84. The monoisotopic (exact) mass is 635 g/mol. The molecule has 46 heavy (non-hydrogen) atoms. The maximum absolute atomic E-state index is 13.2. The van der Waals surface area contributed by atoms with Gasteiger partial charge in [0.05, 0.1) is 11.8 Å². The fraction of sp³-hybridized carbons (Fsp3) is 0.562. The minimum atomic E-state index is -0.870. The largest absolute Gasteiger partial charge is 0.467 e. The summed E-state index contributed by atoms with van der Waals surface area (Å²) in [5, 5.41) is 9.85. The minimum Gasteiger partial charge on any atom is -0.467 e. The summed E-state index contributed by atoms with van der Waals surface area (Å²) in [5.74, 6) is -0.324. The van der Waals surface area contributed by atoms with E-state index >= 15 is 0 Å². The summed E-state index contributed by atoms with van der Waals surface area (Å²) in [5.41, 5.74) is 0.615. The van der Waals surface area contributed by atoms with Crippen LogP contribution >= 0.6 is 0 Å². The van der Waals surface area contributed by atoms with Crippen LogP contribution in [0.4, 0.5) is 4.79 Å². The number of likely N-dealkylation sites (tertiary alicyclic amines) is 1. The number of nitrogens with one attached hydrogen (secondary N) is 2. The molecule has 2 N–H and O–H groups in total. The van der Waals surface area contributed by atoms with Crippen molar-refractivity contribution < 1.29 is 33.4 Å². The summed E-state index contributed by atoms with van der Waals surface area (Å²) < 4.78 is 12.7. The van der Waals surface area contributed by atoms with Gasteiger partial charge in [-0.15, -0.1) is 5.10 Å². The standard InChI is InChI=1S/C32H41N7O7/c40-27(36-15-17-37(18-16-36)31(43)22-7-4-8-22)20-33-32(44)46-26-19-29(39(35-26)24-11-2-1-3-12-24)45-21-28(41)38-14-6-13-25(38)30(42)34-23-9-5-10-23/h1-3,11-12,19,22-23,25H,4-10,13-18,20-21H2,(H,33,44)(H,34,42)/t25-/m0/s1. The molecular weight excluding hydrogens is 594 g/mol. The molecule has 2 aliphatic carbocycles. The van der Waals surface area contributed by atoms with E-state index in [0.29, 0.717) is 44.8 Å². The van der Waals surface area contributed by atoms with Gasteiger partial charge in [0, 0.05) is 44.7 Å². The smallest absolute Gasteiger partial charge is 0.414 e. The fourth-order valence-corrected chi connectivity index (χ4v) is 6.14. The molecule has 4 fully saturated rings. The molecule has 2 aliphatic heterocycles. The Balaban J connectivity index is 1.01. The van der Waals surface area contributed by atoms with Crippen molar-refractivity contribution in [1.29, 1.82) is 0 Å². The molecule has 2 saturated carbocycles. The Labute approximate surface area is 267 Å². The van der Waals surface area contributed by atoms with Gasteiger partial charge in [-0.05, 0) is 57.1 Å². The average Bonchev–Trinajstić information content (AvgIpc) is 3.68. The number of nitrogens with zero attached hydrogens (tertiary/aromatic N) is 5. The van der Waals surface area contributed by atoms with Crippen LogP contribution in [0.5, 0.6) is 11.8 Å². The highest BCUT2D eigenvalue weighted by Crippen LogP contribution is 2.29. The Morgan fingerprint density at radius 1 is 0.826 bits per heavy atom. The molecule has 0 spiro atoms. The number of piperazine rings is 1. The quantitative estimate of drug-likeness (QED) is 0.398. The molecule has 2 saturated heterocycles. The first-order valence-corrected chi connectivity index (χ1v) is 16.3. The Bertz CT molecular complexity index is 1430. The number of benzene rings is 1. The van der Waals surface area contributed by atoms with Crippen LogP contribution in [0.2, 0.25) is 0 Å². The maximum Gasteiger partial charge on any atom is 0.414 e. The van der Waals surface area contributed by atoms with Gasteiger partial charge in [0.25, 0.3) is 5.91 Å². The summed E-state index contributed by atoms with van der Waals surface area (Å²) in [6, 6.07) is 10.1. The van der Waals surface area contributed by atoms with Gasteiger partial charge < -0.3 is 34.8 Å². The second kappa shape index (κ2) is 14.2. The van der Waals surface area contributed by atoms with Crippen molar-refractivity contribution in [1.82, 2.24) is 35.1 Å². The molecule has 3 heterocycles. The van der Waals surface area contributed by atoms with E-state index in [1.165, 1.54) is 10.7 Å². The summed E-state index contributed by atoms with van der Waals surface area (Å²) in [6.07, 6.45) is 6.51. The van der Waals surface area contributed by atoms with Crippen molar-refractivity contribution in [3.05, 3.63) is 36.4 Å². The molecule has 0 radical (unpaired) electrons. The lowest BCUT2D eigenvalue weighted by molar-refractivity contribution is -0.143. The Morgan fingerprint density at radius 3 is 2.22 bits per heavy atom. The highest BCUT2D eigenvalue weighted by Gasteiger charge is 2.36. The van der Waals surface area contributed by atoms with Gasteiger partial charge in [0.15, 0.2) is 6.61 Å². The molecule has 14 heteroatoms. The second-order valence-electron chi connectivity index (χ2n) is 12.3. The SMILES string of the molecule is O=C(NCC(=O)N1CCN(C(=O)C2CCC2)CC1)Oc1cc(OCC(=O)N2CCC[C@H]2C(=O)NC2CCC2)n(-c2ccccc2)n1. The number of ether oxygens (including phenoxy) is 2. The number of aromatic nitrogens is 2. The van der Waals surface area contributed by atoms with E-state index in [2.05, 4.69) is 15.7 Å². The third-order valence-electron chi connectivity index (χ3n) is 9.31. The Hall–Kier alpha value is -4.62. The van der Waals surface area contributed by atoms with Crippen LogP contribution in [0, 0.1) is 5.92 Å². The molecule has 1 atom stereocenters. The lowest BCUT2D eigenvalue weighted by Gasteiger charge is -2.38. The molecule has 0 unspecified atom stereocenters. The molecule has 1 aromatic carbocycles. The van der Waals surface area contributed by atoms with Crippen LogP contribution in [0.3, 0.4) is 0 Å². The topological polar surface area (TPSA) is 155 Å². The van der Waals surface area contributed by atoms with Crippen molar-refractivity contribution in [2.24, 2.45) is 5.92 Å². The summed E-state index contributed by atoms with van der Waals surface area (Å²) in [4.78, 5) is 68.8. The number of hydrogen-bond donors (Lipinski definition) is 2. The van der Waals surface area contributed by atoms with E-state index < -0.39 is 12.1 Å². The van der Waals surface area contributed by atoms with Gasteiger partial charge in [-0.25, -0.2) is 4.79 Å². The van der Waals surface area contributed by atoms with Crippen LogP contribution in [0.15, 0.2) is 36.4 Å². The second-order valence-corrected chi connectivity index (χ2v) is 12.3. The first kappa shape index (κ1) is 31.4. The molecule has 5 amide bonds. The third-order valence-corrected chi connectivity index (χ3v) is 9.31. The van der Waals surface area contributed by atoms with Crippen LogP contribution in [0.25, 0.3) is 5.69 Å². The zero-order chi connectivity index (χ0) is 32.0. The molecule has 6 rings (SSSR count). The van der Waals surface area contributed by atoms with Crippen molar-refractivity contribution in [3.8, 4) is 17.4 Å². The van der Waals surface area contributed by atoms with E-state index in [0.717, 1.165) is 44.9 Å². The predicted molar refractivity (Wildman–Crippen MR) is 164 cm³/mol. The van der Waals surface area contributed by atoms with E-state index in [-0.39, 0.29) is 60.5 Å². The number of para-hydroxylation sites is 1. The van der Waals surface area contributed by atoms with Gasteiger partial charge in [-0.1, -0.05) is 24.6 Å². The molecule has 14 nitrogen and oxygen atoms in total. The van der Waals surface area contributed by atoms with Gasteiger partial charge in [-0.3, -0.25) is 19.2 Å². The summed E-state index contributed by atoms with van der Waals surface area (Å²) in [7, 11) is 0. The summed E-state index contributed by atoms with van der Waals surface area (Å²) in [6.45, 7) is 1.68. The van der Waals surface area contributed by atoms with Gasteiger partial charge in [0.1, 0.15) is 12.6 Å². The Morgan fingerprint density at radius 2 is 1.54 bits per heavy atom. The number of carbonyl (C=O) groups is 5. The van der Waals surface area contributed by atoms with Crippen LogP contribution in [-0.4, -0.2) is 112 Å². The van der Waals surface area contributed by atoms with Gasteiger partial charge in [0.2, 0.25) is 29.5 Å². The van der Waals surface area contributed by atoms with Crippen molar-refractivity contribution in [2.45, 2.75) is 63.5 Å². The van der Waals surface area contributed by atoms with Crippen LogP contribution in [0.1, 0.15) is 51.4 Å². The summed E-state index contributed by atoms with van der Waals surface area (Å²) >= 11 is 0. The third kappa shape index (κ3) is 7.26. The number of carbonyl (C=O) groups excluding carboxylic acids is 5. The number of amides is 5. The number of rotatable bonds is 10. The first-order valence-electron chi connectivity index (χ1n) is 16.3. The zero-order valence-electron chi connectivity index (χ0n) is 25.9. The molecule has 2 aromatic rings. The molecule has 1 aromatic heterocycles. The van der Waals surface area contributed by atoms with Gasteiger partial charge >= 0.3 is 6.09 Å². The minimum absolute atomic E-state index is 0.0849. The highest BCUT2D eigenvalue weighted by molar-refractivity contribution is 5.89. The molecular formula is C32H41N7O7. The zero-order valence-corrected chi connectivity index (χ0v) is 25.9. The lowest BCUT2D eigenvalue weighted by Crippen LogP contribution is -2.54. The predicted octanol–water partition coefficient (Wildman–Crippen LogP) is 1.47. The molecule has 246 valence electrons. The van der Waals surface area contributed by atoms with Gasteiger partial charge in [-0.2, -0.15) is 4.68 Å².